The molecular formula is C20H19F4N3O3S. The Hall–Kier alpha value is -2.82. The van der Waals surface area contributed by atoms with Crippen LogP contribution in [0.25, 0.3) is 0 Å². The third kappa shape index (κ3) is 3.93. The normalized spacial score (nSPS) is 22.1. The van der Waals surface area contributed by atoms with Gasteiger partial charge in [-0.25, -0.2) is 31.0 Å². The number of carbonyl (C=O) groups is 1. The summed E-state index contributed by atoms with van der Waals surface area (Å²) in [5.74, 6) is -6.66. The molecule has 1 aromatic heterocycles. The van der Waals surface area contributed by atoms with Crippen molar-refractivity contribution in [2.75, 3.05) is 5.75 Å². The molecule has 11 heteroatoms. The summed E-state index contributed by atoms with van der Waals surface area (Å²) in [5, 5.41) is 0. The Kier molecular flexibility index (Phi) is 5.45. The first-order chi connectivity index (χ1) is 14.2. The van der Waals surface area contributed by atoms with Gasteiger partial charge in [-0.2, -0.15) is 0 Å². The number of amidine groups is 1. The van der Waals surface area contributed by atoms with Crippen LogP contribution in [0.4, 0.5) is 17.6 Å². The molecule has 0 amide bonds. The number of carbonyl (C=O) groups excluding carboxylic acids is 1. The summed E-state index contributed by atoms with van der Waals surface area (Å²) in [6, 6.07) is 2.29. The molecule has 1 aliphatic heterocycles. The number of nitrogens with two attached hydrogens (primary N) is 1. The lowest BCUT2D eigenvalue weighted by Gasteiger charge is -2.38. The molecule has 0 radical (unpaired) electrons. The second-order valence-electron chi connectivity index (χ2n) is 8.06. The molecule has 31 heavy (non-hydrogen) atoms. The lowest BCUT2D eigenvalue weighted by molar-refractivity contribution is 0.0983. The number of nitrogens with zero attached hydrogens (tertiary/aromatic N) is 2. The molecule has 1 aliphatic rings. The largest absolute Gasteiger partial charge is 0.386 e. The zero-order valence-electron chi connectivity index (χ0n) is 16.8. The van der Waals surface area contributed by atoms with E-state index in [9.17, 15) is 30.8 Å². The fourth-order valence-corrected chi connectivity index (χ4v) is 4.99. The topological polar surface area (TPSA) is 102 Å². The van der Waals surface area contributed by atoms with Gasteiger partial charge in [0.15, 0.2) is 33.1 Å². The Bertz CT molecular complexity index is 1230. The van der Waals surface area contributed by atoms with Crippen LogP contribution in [0, 0.1) is 23.3 Å². The van der Waals surface area contributed by atoms with Crippen LogP contribution in [0.1, 0.15) is 42.4 Å². The van der Waals surface area contributed by atoms with E-state index in [1.165, 1.54) is 20.8 Å². The first-order valence-electron chi connectivity index (χ1n) is 9.09. The number of Topliss-reactive ketones (excluding diaryl/α,β-unsaturated/α-hetero) is 1. The van der Waals surface area contributed by atoms with E-state index in [-0.39, 0.29) is 11.4 Å². The molecule has 2 N–H and O–H groups in total. The zero-order valence-corrected chi connectivity index (χ0v) is 17.7. The number of hydrogen-bond donors (Lipinski definition) is 1. The number of rotatable bonds is 4. The molecule has 166 valence electrons. The van der Waals surface area contributed by atoms with E-state index < -0.39 is 72.6 Å². The predicted molar refractivity (Wildman–Crippen MR) is 105 cm³/mol. The molecular weight excluding hydrogens is 438 g/mol. The minimum Gasteiger partial charge on any atom is -0.386 e. The average Bonchev–Trinajstić information content (AvgIpc) is 2.62. The molecule has 0 spiro atoms. The van der Waals surface area contributed by atoms with Crippen molar-refractivity contribution in [3.8, 4) is 0 Å². The standard InChI is InChI=1S/C20H19F4N3O3S/c1-19(2)18(25)27-20(3,9-31(19,29)30)12-4-10(5-13(22)16(12)24)6-15(28)17-14(23)7-11(21)8-26-17/h4-5,7-8H,6,9H2,1-3H3,(H2,25,27)/t20-/m0/s1. The lowest BCUT2D eigenvalue weighted by Crippen LogP contribution is -2.55. The van der Waals surface area contributed by atoms with E-state index in [1.54, 1.807) is 0 Å². The Balaban J connectivity index is 2.06. The third-order valence-electron chi connectivity index (χ3n) is 5.34. The molecule has 0 unspecified atom stereocenters. The third-order valence-corrected chi connectivity index (χ3v) is 8.04. The van der Waals surface area contributed by atoms with Crippen molar-refractivity contribution in [2.24, 2.45) is 10.7 Å². The second-order valence-corrected chi connectivity index (χ2v) is 10.6. The quantitative estimate of drug-likeness (QED) is 0.562. The van der Waals surface area contributed by atoms with Gasteiger partial charge in [0.25, 0.3) is 0 Å². The van der Waals surface area contributed by atoms with E-state index >= 15 is 0 Å². The smallest absolute Gasteiger partial charge is 0.188 e. The summed E-state index contributed by atoms with van der Waals surface area (Å²) in [5.41, 5.74) is 2.94. The maximum atomic E-state index is 14.7. The second kappa shape index (κ2) is 7.40. The van der Waals surface area contributed by atoms with E-state index in [0.717, 1.165) is 12.1 Å². The molecule has 0 saturated carbocycles. The first-order valence-corrected chi connectivity index (χ1v) is 10.7. The van der Waals surface area contributed by atoms with Gasteiger partial charge in [0.1, 0.15) is 27.6 Å². The van der Waals surface area contributed by atoms with Crippen molar-refractivity contribution in [1.29, 1.82) is 0 Å². The number of hydrogen-bond acceptors (Lipinski definition) is 6. The fourth-order valence-electron chi connectivity index (χ4n) is 3.31. The van der Waals surface area contributed by atoms with Crippen LogP contribution in [0.2, 0.25) is 0 Å². The van der Waals surface area contributed by atoms with Crippen molar-refractivity contribution in [3.05, 3.63) is 64.5 Å². The first kappa shape index (κ1) is 22.9. The Morgan fingerprint density at radius 1 is 1.10 bits per heavy atom. The van der Waals surface area contributed by atoms with Gasteiger partial charge in [-0.3, -0.25) is 9.79 Å². The van der Waals surface area contributed by atoms with Crippen molar-refractivity contribution in [3.63, 3.8) is 0 Å². The van der Waals surface area contributed by atoms with Crippen LogP contribution in [-0.2, 0) is 21.8 Å². The zero-order chi connectivity index (χ0) is 23.4. The van der Waals surface area contributed by atoms with Crippen LogP contribution in [-0.4, -0.2) is 35.5 Å². The summed E-state index contributed by atoms with van der Waals surface area (Å²) in [6.45, 7) is 4.01. The Morgan fingerprint density at radius 2 is 1.74 bits per heavy atom. The summed E-state index contributed by atoms with van der Waals surface area (Å²) >= 11 is 0. The number of pyridine rings is 1. The summed E-state index contributed by atoms with van der Waals surface area (Å²) in [6.07, 6.45) is 0.0629. The van der Waals surface area contributed by atoms with Crippen LogP contribution in [0.3, 0.4) is 0 Å². The van der Waals surface area contributed by atoms with E-state index in [0.29, 0.717) is 12.3 Å². The highest BCUT2D eigenvalue weighted by molar-refractivity contribution is 7.93. The lowest BCUT2D eigenvalue weighted by atomic mass is 9.90. The SMILES string of the molecule is CC1(C)C(N)=N[C@](C)(c2cc(CC(=O)c3ncc(F)cc3F)cc(F)c2F)CS1(=O)=O. The Labute approximate surface area is 176 Å². The number of ketones is 1. The van der Waals surface area contributed by atoms with E-state index in [4.69, 9.17) is 5.73 Å². The molecule has 0 aliphatic carbocycles. The average molecular weight is 457 g/mol. The van der Waals surface area contributed by atoms with Gasteiger partial charge < -0.3 is 5.73 Å². The maximum Gasteiger partial charge on any atom is 0.188 e. The van der Waals surface area contributed by atoms with Gasteiger partial charge in [-0.05, 0) is 38.5 Å². The minimum atomic E-state index is -3.89. The number of halogens is 4. The highest BCUT2D eigenvalue weighted by Gasteiger charge is 2.49. The van der Waals surface area contributed by atoms with Crippen molar-refractivity contribution >= 4 is 21.5 Å². The summed E-state index contributed by atoms with van der Waals surface area (Å²) in [7, 11) is -3.89. The van der Waals surface area contributed by atoms with Crippen molar-refractivity contribution in [1.82, 2.24) is 4.98 Å². The maximum absolute atomic E-state index is 14.7. The summed E-state index contributed by atoms with van der Waals surface area (Å²) in [4.78, 5) is 19.9. The monoisotopic (exact) mass is 457 g/mol. The highest BCUT2D eigenvalue weighted by atomic mass is 32.2. The molecule has 0 saturated heterocycles. The van der Waals surface area contributed by atoms with E-state index in [2.05, 4.69) is 9.98 Å². The molecule has 0 fully saturated rings. The molecule has 2 heterocycles. The molecule has 1 atom stereocenters. The van der Waals surface area contributed by atoms with Crippen LogP contribution in [0.5, 0.6) is 0 Å². The van der Waals surface area contributed by atoms with Gasteiger partial charge in [0, 0.05) is 18.1 Å². The fraction of sp³-hybridized carbons (Fsp3) is 0.350. The summed E-state index contributed by atoms with van der Waals surface area (Å²) < 4.78 is 79.8. The number of benzene rings is 1. The number of aliphatic imine (C=N–C) groups is 1. The Morgan fingerprint density at radius 3 is 2.32 bits per heavy atom. The van der Waals surface area contributed by atoms with Crippen LogP contribution < -0.4 is 5.73 Å². The molecule has 1 aromatic carbocycles. The van der Waals surface area contributed by atoms with Gasteiger partial charge in [-0.15, -0.1) is 0 Å². The molecule has 2 aromatic rings. The number of aromatic nitrogens is 1. The van der Waals surface area contributed by atoms with Crippen LogP contribution in [0.15, 0.2) is 29.4 Å². The van der Waals surface area contributed by atoms with Crippen molar-refractivity contribution in [2.45, 2.75) is 37.5 Å². The molecule has 6 nitrogen and oxygen atoms in total. The minimum absolute atomic E-state index is 0.0679. The molecule has 3 rings (SSSR count). The van der Waals surface area contributed by atoms with E-state index in [1.807, 2.05) is 0 Å². The van der Waals surface area contributed by atoms with Gasteiger partial charge in [-0.1, -0.05) is 0 Å². The van der Waals surface area contributed by atoms with Crippen LogP contribution >= 0.6 is 0 Å². The number of sulfone groups is 1. The molecule has 0 bridgehead atoms. The van der Waals surface area contributed by atoms with Gasteiger partial charge in [0.05, 0.1) is 11.9 Å². The van der Waals surface area contributed by atoms with Crippen molar-refractivity contribution < 1.29 is 30.8 Å². The van der Waals surface area contributed by atoms with Gasteiger partial charge in [0.2, 0.25) is 0 Å². The predicted octanol–water partition coefficient (Wildman–Crippen LogP) is 2.84. The van der Waals surface area contributed by atoms with Gasteiger partial charge >= 0.3 is 0 Å². The highest BCUT2D eigenvalue weighted by Crippen LogP contribution is 2.38.